The van der Waals surface area contributed by atoms with Gasteiger partial charge in [0.1, 0.15) is 5.82 Å². The van der Waals surface area contributed by atoms with Crippen LogP contribution in [0.1, 0.15) is 11.6 Å². The van der Waals surface area contributed by atoms with Crippen molar-refractivity contribution in [1.29, 1.82) is 0 Å². The number of rotatable bonds is 2. The minimum absolute atomic E-state index is 0. The minimum atomic E-state index is -0.458. The van der Waals surface area contributed by atoms with Crippen molar-refractivity contribution >= 4 is 28.3 Å². The van der Waals surface area contributed by atoms with Crippen LogP contribution in [0.15, 0.2) is 35.3 Å². The fraction of sp³-hybridized carbons (Fsp3) is 0.111. The summed E-state index contributed by atoms with van der Waals surface area (Å²) in [5.74, 6) is -0.309. The van der Waals surface area contributed by atoms with E-state index in [1.165, 1.54) is 12.1 Å². The number of hydrogen-bond acceptors (Lipinski definition) is 1. The molecule has 2 N–H and O–H groups in total. The van der Waals surface area contributed by atoms with Crippen LogP contribution < -0.4 is 5.73 Å². The van der Waals surface area contributed by atoms with Crippen molar-refractivity contribution in [3.63, 3.8) is 0 Å². The van der Waals surface area contributed by atoms with Gasteiger partial charge in [0.15, 0.2) is 0 Å². The van der Waals surface area contributed by atoms with E-state index in [0.717, 1.165) is 0 Å². The Balaban J connectivity index is 0.00000144. The van der Waals surface area contributed by atoms with Crippen LogP contribution in [0.3, 0.4) is 0 Å². The van der Waals surface area contributed by atoms with Gasteiger partial charge in [-0.1, -0.05) is 28.1 Å². The Morgan fingerprint density at radius 2 is 2.15 bits per heavy atom. The number of hydrogen-bond donors (Lipinski definition) is 1. The highest BCUT2D eigenvalue weighted by atomic mass is 79.9. The highest BCUT2D eigenvalue weighted by Gasteiger charge is 2.10. The van der Waals surface area contributed by atoms with Gasteiger partial charge >= 0.3 is 0 Å². The van der Waals surface area contributed by atoms with Gasteiger partial charge in [-0.05, 0) is 12.1 Å². The largest absolute Gasteiger partial charge is 0.321 e. The van der Waals surface area contributed by atoms with Crippen molar-refractivity contribution in [1.82, 2.24) is 0 Å². The molecule has 0 amide bonds. The summed E-state index contributed by atoms with van der Waals surface area (Å²) in [7, 11) is 0. The third-order valence-corrected chi connectivity index (χ3v) is 2.28. The summed E-state index contributed by atoms with van der Waals surface area (Å²) in [6.45, 7) is 3.51. The first-order valence-electron chi connectivity index (χ1n) is 3.49. The molecule has 1 aromatic rings. The maximum atomic E-state index is 13.1. The Labute approximate surface area is 91.4 Å². The molecule has 0 bridgehead atoms. The predicted molar refractivity (Wildman–Crippen MR) is 58.5 cm³/mol. The average molecular weight is 267 g/mol. The molecule has 72 valence electrons. The normalized spacial score (nSPS) is 11.6. The maximum Gasteiger partial charge on any atom is 0.129 e. The van der Waals surface area contributed by atoms with Crippen LogP contribution in [0, 0.1) is 5.82 Å². The summed E-state index contributed by atoms with van der Waals surface area (Å²) in [6.07, 6.45) is 1.50. The molecule has 0 fully saturated rings. The van der Waals surface area contributed by atoms with Crippen LogP contribution in [0.4, 0.5) is 4.39 Å². The van der Waals surface area contributed by atoms with Gasteiger partial charge in [-0.2, -0.15) is 0 Å². The third-order valence-electron chi connectivity index (χ3n) is 1.59. The van der Waals surface area contributed by atoms with Crippen LogP contribution in [-0.4, -0.2) is 0 Å². The van der Waals surface area contributed by atoms with Crippen molar-refractivity contribution < 1.29 is 4.39 Å². The Kier molecular flexibility index (Phi) is 5.21. The second-order valence-corrected chi connectivity index (χ2v) is 3.25. The van der Waals surface area contributed by atoms with Crippen molar-refractivity contribution in [2.24, 2.45) is 5.73 Å². The van der Waals surface area contributed by atoms with Gasteiger partial charge in [-0.15, -0.1) is 19.0 Å². The third kappa shape index (κ3) is 2.79. The minimum Gasteiger partial charge on any atom is -0.321 e. The van der Waals surface area contributed by atoms with E-state index in [4.69, 9.17) is 5.73 Å². The van der Waals surface area contributed by atoms with Gasteiger partial charge in [-0.3, -0.25) is 0 Å². The maximum absolute atomic E-state index is 13.1. The molecule has 4 heteroatoms. The first-order chi connectivity index (χ1) is 5.66. The van der Waals surface area contributed by atoms with Gasteiger partial charge in [0, 0.05) is 10.0 Å². The first-order valence-corrected chi connectivity index (χ1v) is 4.28. The fourth-order valence-electron chi connectivity index (χ4n) is 0.947. The van der Waals surface area contributed by atoms with E-state index >= 15 is 0 Å². The number of nitrogens with two attached hydrogens (primary N) is 1. The van der Waals surface area contributed by atoms with Crippen LogP contribution in [0.5, 0.6) is 0 Å². The molecular weight excluding hydrogens is 256 g/mol. The molecule has 0 saturated heterocycles. The second-order valence-electron chi connectivity index (χ2n) is 2.40. The van der Waals surface area contributed by atoms with Gasteiger partial charge in [0.05, 0.1) is 6.04 Å². The van der Waals surface area contributed by atoms with Gasteiger partial charge < -0.3 is 5.73 Å². The molecule has 0 heterocycles. The molecule has 0 unspecified atom stereocenters. The fourth-order valence-corrected chi connectivity index (χ4v) is 1.55. The van der Waals surface area contributed by atoms with Crippen molar-refractivity contribution in [2.75, 3.05) is 0 Å². The van der Waals surface area contributed by atoms with E-state index in [1.54, 1.807) is 12.1 Å². The Hall–Kier alpha value is -0.380. The van der Waals surface area contributed by atoms with Crippen LogP contribution >= 0.6 is 28.3 Å². The SMILES string of the molecule is C=C[C@@H](N)c1c(F)cccc1Br.Cl. The molecule has 0 aliphatic rings. The van der Waals surface area contributed by atoms with Crippen molar-refractivity contribution in [3.05, 3.63) is 46.7 Å². The summed E-state index contributed by atoms with van der Waals surface area (Å²) in [4.78, 5) is 0. The average Bonchev–Trinajstić information content (AvgIpc) is 2.03. The van der Waals surface area contributed by atoms with Crippen molar-refractivity contribution in [3.8, 4) is 0 Å². The Morgan fingerprint density at radius 3 is 2.62 bits per heavy atom. The van der Waals surface area contributed by atoms with Crippen LogP contribution in [0.2, 0.25) is 0 Å². The summed E-state index contributed by atoms with van der Waals surface area (Å²) in [5, 5.41) is 0. The van der Waals surface area contributed by atoms with Crippen molar-refractivity contribution in [2.45, 2.75) is 6.04 Å². The van der Waals surface area contributed by atoms with E-state index < -0.39 is 6.04 Å². The molecular formula is C9H10BrClFN. The summed E-state index contributed by atoms with van der Waals surface area (Å²) in [6, 6.07) is 4.30. The Morgan fingerprint density at radius 1 is 1.54 bits per heavy atom. The molecule has 0 radical (unpaired) electrons. The van der Waals surface area contributed by atoms with E-state index in [0.29, 0.717) is 10.0 Å². The lowest BCUT2D eigenvalue weighted by Gasteiger charge is -2.09. The summed E-state index contributed by atoms with van der Waals surface area (Å²) < 4.78 is 13.8. The molecule has 0 aliphatic carbocycles. The van der Waals surface area contributed by atoms with Crippen LogP contribution in [-0.2, 0) is 0 Å². The zero-order valence-corrected chi connectivity index (χ0v) is 9.24. The number of benzene rings is 1. The quantitative estimate of drug-likeness (QED) is 0.818. The lowest BCUT2D eigenvalue weighted by Crippen LogP contribution is -2.09. The van der Waals surface area contributed by atoms with E-state index in [-0.39, 0.29) is 18.2 Å². The molecule has 0 aliphatic heterocycles. The smallest absolute Gasteiger partial charge is 0.129 e. The molecule has 13 heavy (non-hydrogen) atoms. The molecule has 0 saturated carbocycles. The Bertz CT molecular complexity index is 283. The standard InChI is InChI=1S/C9H9BrFN.ClH/c1-2-8(12)9-6(10)4-3-5-7(9)11;/h2-5,8H,1,12H2;1H/t8-;/m1./s1. The number of halogens is 3. The zero-order valence-electron chi connectivity index (χ0n) is 6.84. The van der Waals surface area contributed by atoms with Gasteiger partial charge in [0.25, 0.3) is 0 Å². The molecule has 0 aromatic heterocycles. The van der Waals surface area contributed by atoms with Crippen LogP contribution in [0.25, 0.3) is 0 Å². The summed E-state index contributed by atoms with van der Waals surface area (Å²) in [5.41, 5.74) is 6.06. The first kappa shape index (κ1) is 12.6. The zero-order chi connectivity index (χ0) is 9.14. The topological polar surface area (TPSA) is 26.0 Å². The monoisotopic (exact) mass is 265 g/mol. The van der Waals surface area contributed by atoms with E-state index in [9.17, 15) is 4.39 Å². The second kappa shape index (κ2) is 5.37. The molecule has 1 atom stereocenters. The lowest BCUT2D eigenvalue weighted by atomic mass is 10.1. The molecule has 0 spiro atoms. The summed E-state index contributed by atoms with van der Waals surface area (Å²) >= 11 is 3.22. The highest BCUT2D eigenvalue weighted by molar-refractivity contribution is 9.10. The van der Waals surface area contributed by atoms with Gasteiger partial charge in [0.2, 0.25) is 0 Å². The molecule has 1 aromatic carbocycles. The van der Waals surface area contributed by atoms with E-state index in [1.807, 2.05) is 0 Å². The van der Waals surface area contributed by atoms with E-state index in [2.05, 4.69) is 22.5 Å². The predicted octanol–water partition coefficient (Wildman–Crippen LogP) is 3.20. The molecule has 1 nitrogen and oxygen atoms in total. The van der Waals surface area contributed by atoms with Gasteiger partial charge in [-0.25, -0.2) is 4.39 Å². The lowest BCUT2D eigenvalue weighted by molar-refractivity contribution is 0.600. The molecule has 1 rings (SSSR count). The highest BCUT2D eigenvalue weighted by Crippen LogP contribution is 2.24.